The van der Waals surface area contributed by atoms with Crippen molar-refractivity contribution in [3.8, 4) is 0 Å². The summed E-state index contributed by atoms with van der Waals surface area (Å²) in [6, 6.07) is 14.0. The molecule has 0 saturated heterocycles. The van der Waals surface area contributed by atoms with Gasteiger partial charge in [-0.1, -0.05) is 30.3 Å². The van der Waals surface area contributed by atoms with E-state index in [1.807, 2.05) is 43.3 Å². The average molecular weight is 423 g/mol. The zero-order valence-electron chi connectivity index (χ0n) is 16.4. The van der Waals surface area contributed by atoms with Crippen molar-refractivity contribution in [3.05, 3.63) is 57.8 Å². The number of halogens is 1. The van der Waals surface area contributed by atoms with Crippen molar-refractivity contribution in [3.63, 3.8) is 0 Å². The van der Waals surface area contributed by atoms with Crippen molar-refractivity contribution in [2.75, 3.05) is 32.7 Å². The number of hydrogen-bond donors (Lipinski definition) is 0. The number of ether oxygens (including phenoxy) is 1. The highest BCUT2D eigenvalue weighted by molar-refractivity contribution is 7.11. The first-order valence-corrected chi connectivity index (χ1v) is 10.6. The summed E-state index contributed by atoms with van der Waals surface area (Å²) in [7, 11) is 1.61. The van der Waals surface area contributed by atoms with Gasteiger partial charge >= 0.3 is 0 Å². The molecule has 28 heavy (non-hydrogen) atoms. The first-order chi connectivity index (χ1) is 13.5. The van der Waals surface area contributed by atoms with Crippen LogP contribution >= 0.6 is 22.9 Å². The number of amides is 2. The molecule has 0 fully saturated rings. The third-order valence-corrected chi connectivity index (χ3v) is 5.50. The van der Waals surface area contributed by atoms with Gasteiger partial charge in [-0.15, -0.1) is 22.9 Å². The number of methoxy groups -OCH3 is 1. The summed E-state index contributed by atoms with van der Waals surface area (Å²) in [6.45, 7) is 4.07. The lowest BCUT2D eigenvalue weighted by molar-refractivity contribution is -0.140. The van der Waals surface area contributed by atoms with Gasteiger partial charge in [-0.05, 0) is 31.0 Å². The highest BCUT2D eigenvalue weighted by Gasteiger charge is 2.21. The number of hydrogen-bond acceptors (Lipinski definition) is 4. The van der Waals surface area contributed by atoms with Gasteiger partial charge in [0, 0.05) is 36.6 Å². The van der Waals surface area contributed by atoms with E-state index in [1.54, 1.807) is 23.3 Å². The van der Waals surface area contributed by atoms with Gasteiger partial charge in [0.2, 0.25) is 11.8 Å². The number of carbonyl (C=O) groups is 2. The summed E-state index contributed by atoms with van der Waals surface area (Å²) in [6.07, 6.45) is 0.662. The van der Waals surface area contributed by atoms with Crippen LogP contribution in [0.15, 0.2) is 42.5 Å². The maximum Gasteiger partial charge on any atom is 0.242 e. The van der Waals surface area contributed by atoms with E-state index in [0.717, 1.165) is 10.4 Å². The first kappa shape index (κ1) is 22.4. The molecule has 1 heterocycles. The lowest BCUT2D eigenvalue weighted by atomic mass is 10.2. The van der Waals surface area contributed by atoms with Crippen LogP contribution in [0, 0.1) is 6.92 Å². The molecule has 0 unspecified atom stereocenters. The van der Waals surface area contributed by atoms with Crippen LogP contribution in [0.3, 0.4) is 0 Å². The monoisotopic (exact) mass is 422 g/mol. The molecule has 0 aliphatic carbocycles. The second kappa shape index (κ2) is 11.8. The van der Waals surface area contributed by atoms with E-state index in [0.29, 0.717) is 32.7 Å². The zero-order chi connectivity index (χ0) is 20.4. The molecule has 0 atom stereocenters. The number of nitrogens with zero attached hydrogens (tertiary/aromatic N) is 2. The molecule has 0 aliphatic heterocycles. The fourth-order valence-electron chi connectivity index (χ4n) is 2.83. The molecular weight excluding hydrogens is 396 g/mol. The van der Waals surface area contributed by atoms with Crippen molar-refractivity contribution in [2.24, 2.45) is 0 Å². The molecule has 0 spiro atoms. The number of alkyl halides is 1. The minimum Gasteiger partial charge on any atom is -0.385 e. The first-order valence-electron chi connectivity index (χ1n) is 9.23. The number of benzene rings is 1. The van der Waals surface area contributed by atoms with E-state index >= 15 is 0 Å². The fourth-order valence-corrected chi connectivity index (χ4v) is 3.91. The Kier molecular flexibility index (Phi) is 9.47. The lowest BCUT2D eigenvalue weighted by Gasteiger charge is -2.27. The Labute approximate surface area is 175 Å². The predicted octanol–water partition coefficient (Wildman–Crippen LogP) is 3.69. The standard InChI is InChI=1S/C21H27ClN2O3S/c1-17-9-10-19(28-17)15-24(14-18-7-4-3-5-8-18)21(26)16-23(20(25)13-22)11-6-12-27-2/h3-5,7-10H,6,11-16H2,1-2H3. The average Bonchev–Trinajstić information content (AvgIpc) is 3.11. The van der Waals surface area contributed by atoms with Gasteiger partial charge in [0.1, 0.15) is 5.88 Å². The number of rotatable bonds is 11. The minimum absolute atomic E-state index is 0.0203. The molecule has 0 radical (unpaired) electrons. The van der Waals surface area contributed by atoms with E-state index in [4.69, 9.17) is 16.3 Å². The van der Waals surface area contributed by atoms with E-state index in [1.165, 1.54) is 9.78 Å². The van der Waals surface area contributed by atoms with Crippen LogP contribution in [0.4, 0.5) is 0 Å². The molecule has 0 N–H and O–H groups in total. The van der Waals surface area contributed by atoms with Crippen LogP contribution in [0.1, 0.15) is 21.7 Å². The summed E-state index contributed by atoms with van der Waals surface area (Å²) >= 11 is 7.42. The summed E-state index contributed by atoms with van der Waals surface area (Å²) in [5.74, 6) is -0.466. The van der Waals surface area contributed by atoms with E-state index in [2.05, 4.69) is 6.07 Å². The van der Waals surface area contributed by atoms with Gasteiger partial charge < -0.3 is 14.5 Å². The van der Waals surface area contributed by atoms with Gasteiger partial charge in [0.05, 0.1) is 13.1 Å². The second-order valence-electron chi connectivity index (χ2n) is 6.54. The van der Waals surface area contributed by atoms with E-state index in [-0.39, 0.29) is 24.2 Å². The molecule has 0 saturated carbocycles. The highest BCUT2D eigenvalue weighted by Crippen LogP contribution is 2.19. The Balaban J connectivity index is 2.12. The zero-order valence-corrected chi connectivity index (χ0v) is 18.0. The molecule has 1 aromatic heterocycles. The van der Waals surface area contributed by atoms with Gasteiger partial charge in [0.15, 0.2) is 0 Å². The van der Waals surface area contributed by atoms with Crippen molar-refractivity contribution < 1.29 is 14.3 Å². The van der Waals surface area contributed by atoms with Crippen LogP contribution in [-0.4, -0.2) is 54.3 Å². The van der Waals surface area contributed by atoms with Gasteiger partial charge in [0.25, 0.3) is 0 Å². The van der Waals surface area contributed by atoms with Gasteiger partial charge in [-0.2, -0.15) is 0 Å². The smallest absolute Gasteiger partial charge is 0.242 e. The van der Waals surface area contributed by atoms with Gasteiger partial charge in [-0.3, -0.25) is 9.59 Å². The number of aryl methyl sites for hydroxylation is 1. The highest BCUT2D eigenvalue weighted by atomic mass is 35.5. The van der Waals surface area contributed by atoms with Crippen LogP contribution in [-0.2, 0) is 27.4 Å². The Bertz CT molecular complexity index is 751. The van der Waals surface area contributed by atoms with Crippen molar-refractivity contribution in [2.45, 2.75) is 26.4 Å². The Hall–Kier alpha value is -1.89. The van der Waals surface area contributed by atoms with Crippen LogP contribution in [0.5, 0.6) is 0 Å². The molecule has 2 amide bonds. The molecule has 7 heteroatoms. The summed E-state index contributed by atoms with van der Waals surface area (Å²) in [4.78, 5) is 30.9. The maximum absolute atomic E-state index is 13.1. The van der Waals surface area contributed by atoms with Crippen molar-refractivity contribution in [1.29, 1.82) is 0 Å². The second-order valence-corrected chi connectivity index (χ2v) is 8.18. The topological polar surface area (TPSA) is 49.9 Å². The Morgan fingerprint density at radius 2 is 1.79 bits per heavy atom. The Morgan fingerprint density at radius 1 is 1.04 bits per heavy atom. The van der Waals surface area contributed by atoms with E-state index in [9.17, 15) is 9.59 Å². The van der Waals surface area contributed by atoms with Crippen molar-refractivity contribution in [1.82, 2.24) is 9.80 Å². The molecule has 152 valence electrons. The molecule has 2 aromatic rings. The normalized spacial score (nSPS) is 10.7. The fraction of sp³-hybridized carbons (Fsp3) is 0.429. The number of carbonyl (C=O) groups excluding carboxylic acids is 2. The molecule has 5 nitrogen and oxygen atoms in total. The largest absolute Gasteiger partial charge is 0.385 e. The molecule has 0 aliphatic rings. The minimum atomic E-state index is -0.238. The van der Waals surface area contributed by atoms with Crippen LogP contribution in [0.2, 0.25) is 0 Å². The molecule has 1 aromatic carbocycles. The lowest BCUT2D eigenvalue weighted by Crippen LogP contribution is -2.43. The Morgan fingerprint density at radius 3 is 2.39 bits per heavy atom. The molecule has 0 bridgehead atoms. The summed E-state index contributed by atoms with van der Waals surface area (Å²) in [5.41, 5.74) is 1.05. The summed E-state index contributed by atoms with van der Waals surface area (Å²) in [5, 5.41) is 0. The third-order valence-electron chi connectivity index (χ3n) is 4.28. The van der Waals surface area contributed by atoms with Crippen molar-refractivity contribution >= 4 is 34.8 Å². The van der Waals surface area contributed by atoms with Crippen LogP contribution in [0.25, 0.3) is 0 Å². The van der Waals surface area contributed by atoms with Gasteiger partial charge in [-0.25, -0.2) is 0 Å². The maximum atomic E-state index is 13.1. The molecular formula is C21H27ClN2O3S. The quantitative estimate of drug-likeness (QED) is 0.410. The predicted molar refractivity (Wildman–Crippen MR) is 114 cm³/mol. The van der Waals surface area contributed by atoms with E-state index < -0.39 is 0 Å². The van der Waals surface area contributed by atoms with Crippen LogP contribution < -0.4 is 0 Å². The third kappa shape index (κ3) is 7.26. The SMILES string of the molecule is COCCCN(CC(=O)N(Cc1ccccc1)Cc1ccc(C)s1)C(=O)CCl. The number of thiophene rings is 1. The summed E-state index contributed by atoms with van der Waals surface area (Å²) < 4.78 is 5.05. The molecule has 2 rings (SSSR count).